The predicted octanol–water partition coefficient (Wildman–Crippen LogP) is 8.16. The van der Waals surface area contributed by atoms with Crippen molar-refractivity contribution in [3.8, 4) is 21.7 Å². The number of carbonyl (C=O) groups is 2. The molecule has 0 unspecified atom stereocenters. The molecule has 0 bridgehead atoms. The van der Waals surface area contributed by atoms with Crippen LogP contribution >= 0.6 is 34.4 Å². The molecule has 1 aliphatic heterocycles. The first kappa shape index (κ1) is 38.8. The van der Waals surface area contributed by atoms with Crippen LogP contribution in [0.15, 0.2) is 118 Å². The molecule has 1 aliphatic rings. The van der Waals surface area contributed by atoms with Gasteiger partial charge in [-0.3, -0.25) is 14.2 Å². The Hall–Kier alpha value is -5.49. The molecule has 0 spiro atoms. The molecule has 0 radical (unpaired) electrons. The van der Waals surface area contributed by atoms with Crippen molar-refractivity contribution in [3.05, 3.63) is 155 Å². The number of aromatic nitrogens is 2. The Morgan fingerprint density at radius 2 is 1.48 bits per heavy atom. The molecule has 56 heavy (non-hydrogen) atoms. The van der Waals surface area contributed by atoms with Crippen LogP contribution in [0.3, 0.4) is 0 Å². The van der Waals surface area contributed by atoms with Gasteiger partial charge in [-0.25, -0.2) is 4.79 Å². The van der Waals surface area contributed by atoms with Gasteiger partial charge in [0.2, 0.25) is 5.69 Å². The summed E-state index contributed by atoms with van der Waals surface area (Å²) in [5.74, 6) is -1.98. The van der Waals surface area contributed by atoms with Crippen LogP contribution in [0.1, 0.15) is 59.2 Å². The zero-order valence-corrected chi connectivity index (χ0v) is 34.1. The molecule has 4 aromatic carbocycles. The smallest absolute Gasteiger partial charge is 0.336 e. The van der Waals surface area contributed by atoms with E-state index in [4.69, 9.17) is 0 Å². The minimum Gasteiger partial charge on any atom is -0.481 e. The number of hydrogen-bond donors (Lipinski definition) is 2. The summed E-state index contributed by atoms with van der Waals surface area (Å²) in [4.78, 5) is 43.7. The molecular formula is C45H42N3O5S3+. The molecule has 284 valence electrons. The number of nitrogens with zero attached hydrogens (tertiary/aromatic N) is 3. The van der Waals surface area contributed by atoms with Crippen molar-refractivity contribution in [2.75, 3.05) is 11.4 Å². The van der Waals surface area contributed by atoms with Crippen molar-refractivity contribution in [3.63, 3.8) is 0 Å². The van der Waals surface area contributed by atoms with Gasteiger partial charge in [0.1, 0.15) is 20.5 Å². The maximum Gasteiger partial charge on any atom is 0.336 e. The van der Waals surface area contributed by atoms with Gasteiger partial charge in [0, 0.05) is 29.1 Å². The largest absolute Gasteiger partial charge is 0.481 e. The summed E-state index contributed by atoms with van der Waals surface area (Å²) in [7, 11) is 0. The van der Waals surface area contributed by atoms with E-state index in [9.17, 15) is 24.6 Å². The van der Waals surface area contributed by atoms with Crippen molar-refractivity contribution < 1.29 is 24.4 Å². The number of rotatable bonds is 12. The van der Waals surface area contributed by atoms with Crippen LogP contribution in [0.4, 0.5) is 5.69 Å². The lowest BCUT2D eigenvalue weighted by Gasteiger charge is -2.20. The number of benzene rings is 4. The number of aryl methyl sites for hydroxylation is 2. The van der Waals surface area contributed by atoms with Crippen molar-refractivity contribution in [2.24, 2.45) is 0 Å². The Bertz CT molecular complexity index is 2680. The summed E-state index contributed by atoms with van der Waals surface area (Å²) in [5.41, 5.74) is 7.36. The highest BCUT2D eigenvalue weighted by molar-refractivity contribution is 8.03. The monoisotopic (exact) mass is 800 g/mol. The summed E-state index contributed by atoms with van der Waals surface area (Å²) in [5, 5.41) is 21.9. The Balaban J connectivity index is 1.52. The molecule has 0 amide bonds. The van der Waals surface area contributed by atoms with Crippen molar-refractivity contribution in [2.45, 2.75) is 58.5 Å². The van der Waals surface area contributed by atoms with Crippen LogP contribution in [0, 0.1) is 6.92 Å². The molecule has 11 heteroatoms. The summed E-state index contributed by atoms with van der Waals surface area (Å²) in [6.45, 7) is 9.59. The van der Waals surface area contributed by atoms with E-state index in [1.165, 1.54) is 22.5 Å². The highest BCUT2D eigenvalue weighted by atomic mass is 32.2. The number of hydrogen-bond acceptors (Lipinski definition) is 7. The van der Waals surface area contributed by atoms with E-state index < -0.39 is 11.9 Å². The zero-order chi connectivity index (χ0) is 39.5. The molecule has 3 heterocycles. The molecule has 0 saturated heterocycles. The van der Waals surface area contributed by atoms with E-state index in [2.05, 4.69) is 37.8 Å². The fraction of sp³-hybridized carbons (Fsp3) is 0.200. The van der Waals surface area contributed by atoms with Gasteiger partial charge in [0.25, 0.3) is 10.6 Å². The second-order valence-electron chi connectivity index (χ2n) is 13.3. The maximum absolute atomic E-state index is 14.6. The Morgan fingerprint density at radius 3 is 2.11 bits per heavy atom. The van der Waals surface area contributed by atoms with E-state index >= 15 is 0 Å². The number of fused-ring (bicyclic) bond motifs is 1. The van der Waals surface area contributed by atoms with E-state index in [0.717, 1.165) is 48.7 Å². The standard InChI is InChI=1S/C45H41N3O5S3/c1-5-29-25-35-36(24-28(29)4)54-37(46(35)6-2)26-34(32-20-14-15-21-33(32)45(52)53)43-44(51)47(7-3)38(56-43)27-39-48(23-22-40(49)50)41(30-16-10-8-11-17-30)42(55-39)31-18-12-9-13-19-31/h8-21,24-27H,5-7,22-23H2,1-4H3,(H-,49,50,52,53)/p+1. The third kappa shape index (κ3) is 7.54. The molecule has 0 aliphatic carbocycles. The van der Waals surface area contributed by atoms with Gasteiger partial charge in [0.05, 0.1) is 22.4 Å². The summed E-state index contributed by atoms with van der Waals surface area (Å²) >= 11 is 4.50. The predicted molar refractivity (Wildman–Crippen MR) is 228 cm³/mol. The molecule has 7 rings (SSSR count). The molecule has 2 N–H and O–H groups in total. The Morgan fingerprint density at radius 1 is 0.821 bits per heavy atom. The maximum atomic E-state index is 14.6. The highest BCUT2D eigenvalue weighted by Gasteiger charge is 2.30. The lowest BCUT2D eigenvalue weighted by Crippen LogP contribution is -2.39. The average Bonchev–Trinajstić information content (AvgIpc) is 3.85. The SMILES string of the molecule is CCc1cc2c(cc1C)SC(=CC(c1ccccc1C(=O)O)=c1sc(=Cc3sc(-c4ccccc4)c(-c4ccccc4)[n+]3CCC(=O)O)n(CC)c1=O)N2CC. The van der Waals surface area contributed by atoms with Crippen LogP contribution in [-0.2, 0) is 24.3 Å². The average molecular weight is 801 g/mol. The van der Waals surface area contributed by atoms with Crippen LogP contribution < -0.4 is 24.2 Å². The Labute approximate surface area is 337 Å². The van der Waals surface area contributed by atoms with Gasteiger partial charge in [-0.1, -0.05) is 96.8 Å². The first-order valence-corrected chi connectivity index (χ1v) is 21.1. The van der Waals surface area contributed by atoms with E-state index in [0.29, 0.717) is 33.4 Å². The van der Waals surface area contributed by atoms with Gasteiger partial charge in [-0.2, -0.15) is 4.57 Å². The second-order valence-corrected chi connectivity index (χ2v) is 16.4. The van der Waals surface area contributed by atoms with Crippen LogP contribution in [-0.4, -0.2) is 33.3 Å². The van der Waals surface area contributed by atoms with Crippen molar-refractivity contribution in [1.29, 1.82) is 0 Å². The number of anilines is 1. The molecule has 0 saturated carbocycles. The molecule has 8 nitrogen and oxygen atoms in total. The molecule has 2 aromatic heterocycles. The van der Waals surface area contributed by atoms with E-state index in [1.54, 1.807) is 51.9 Å². The summed E-state index contributed by atoms with van der Waals surface area (Å²) in [6.07, 6.45) is 4.78. The van der Waals surface area contributed by atoms with Gasteiger partial charge in [-0.15, -0.1) is 11.3 Å². The van der Waals surface area contributed by atoms with E-state index in [-0.39, 0.29) is 24.1 Å². The van der Waals surface area contributed by atoms with Gasteiger partial charge >= 0.3 is 11.9 Å². The fourth-order valence-electron chi connectivity index (χ4n) is 7.15. The third-order valence-corrected chi connectivity index (χ3v) is 13.3. The Kier molecular flexibility index (Phi) is 11.6. The molecular weight excluding hydrogens is 759 g/mol. The fourth-order valence-corrected chi connectivity index (χ4v) is 10.9. The zero-order valence-electron chi connectivity index (χ0n) is 31.6. The first-order valence-electron chi connectivity index (χ1n) is 18.6. The molecule has 6 aromatic rings. The number of carboxylic acid groups (broad SMARTS) is 2. The van der Waals surface area contributed by atoms with Gasteiger partial charge in [-0.05, 0) is 85.9 Å². The normalized spacial score (nSPS) is 14.0. The summed E-state index contributed by atoms with van der Waals surface area (Å²) in [6, 6.07) is 31.3. The number of carboxylic acids is 2. The van der Waals surface area contributed by atoms with Crippen LogP contribution in [0.5, 0.6) is 0 Å². The van der Waals surface area contributed by atoms with Crippen LogP contribution in [0.25, 0.3) is 33.3 Å². The van der Waals surface area contributed by atoms with Crippen LogP contribution in [0.2, 0.25) is 0 Å². The lowest BCUT2D eigenvalue weighted by atomic mass is 9.99. The van der Waals surface area contributed by atoms with E-state index in [1.807, 2.05) is 84.3 Å². The third-order valence-electron chi connectivity index (χ3n) is 9.91. The minimum absolute atomic E-state index is 0.0860. The quantitative estimate of drug-likeness (QED) is 0.121. The van der Waals surface area contributed by atoms with Gasteiger partial charge in [0.15, 0.2) is 6.54 Å². The number of thiazole rings is 2. The first-order chi connectivity index (χ1) is 27.1. The molecule has 0 atom stereocenters. The number of allylic oxidation sites excluding steroid dienone is 1. The minimum atomic E-state index is -1.08. The topological polar surface area (TPSA) is 104 Å². The van der Waals surface area contributed by atoms with Crippen molar-refractivity contribution in [1.82, 2.24) is 4.57 Å². The number of aromatic carboxylic acids is 1. The second kappa shape index (κ2) is 16.7. The van der Waals surface area contributed by atoms with Crippen molar-refractivity contribution >= 4 is 63.7 Å². The lowest BCUT2D eigenvalue weighted by molar-refractivity contribution is -0.681. The highest BCUT2D eigenvalue weighted by Crippen LogP contribution is 2.48. The molecule has 0 fully saturated rings. The summed E-state index contributed by atoms with van der Waals surface area (Å²) < 4.78 is 4.87. The number of aliphatic carboxylic acids is 1. The number of thioether (sulfide) groups is 1. The van der Waals surface area contributed by atoms with Gasteiger partial charge < -0.3 is 15.1 Å².